The van der Waals surface area contributed by atoms with E-state index in [-0.39, 0.29) is 23.6 Å². The van der Waals surface area contributed by atoms with Gasteiger partial charge < -0.3 is 5.11 Å². The molecule has 0 saturated carbocycles. The molecule has 0 fully saturated rings. The van der Waals surface area contributed by atoms with E-state index in [9.17, 15) is 18.3 Å². The van der Waals surface area contributed by atoms with Crippen molar-refractivity contribution in [3.05, 3.63) is 71.6 Å². The van der Waals surface area contributed by atoms with Gasteiger partial charge in [0.1, 0.15) is 36.7 Å². The topological polar surface area (TPSA) is 76.7 Å². The second kappa shape index (κ2) is 6.98. The summed E-state index contributed by atoms with van der Waals surface area (Å²) in [6.07, 6.45) is 2.38. The average Bonchev–Trinajstić information content (AvgIpc) is 3.08. The lowest BCUT2D eigenvalue weighted by Gasteiger charge is -2.20. The standard InChI is InChI=1S/C16H14F3N5O/c1-9(16(25)11-3-2-10(17)4-12(11)18)15-13(19)5-21-14(23-15)6-24-8-20-7-22-24/h2-5,7-9,16,25H,6H2,1H3. The van der Waals surface area contributed by atoms with Gasteiger partial charge in [-0.25, -0.2) is 32.8 Å². The third-order valence-corrected chi connectivity index (χ3v) is 3.78. The van der Waals surface area contributed by atoms with E-state index in [1.54, 1.807) is 0 Å². The van der Waals surface area contributed by atoms with Crippen molar-refractivity contribution in [2.45, 2.75) is 25.5 Å². The maximum absolute atomic E-state index is 14.1. The van der Waals surface area contributed by atoms with Crippen LogP contribution in [0.15, 0.2) is 37.1 Å². The molecule has 3 aromatic rings. The molecule has 2 unspecified atom stereocenters. The van der Waals surface area contributed by atoms with Crippen molar-refractivity contribution in [2.24, 2.45) is 0 Å². The molecule has 1 aromatic carbocycles. The first kappa shape index (κ1) is 17.0. The quantitative estimate of drug-likeness (QED) is 0.765. The monoisotopic (exact) mass is 349 g/mol. The van der Waals surface area contributed by atoms with Crippen molar-refractivity contribution < 1.29 is 18.3 Å². The summed E-state index contributed by atoms with van der Waals surface area (Å²) in [6.45, 7) is 1.67. The molecule has 3 rings (SSSR count). The maximum Gasteiger partial charge on any atom is 0.163 e. The van der Waals surface area contributed by atoms with Gasteiger partial charge in [0.15, 0.2) is 5.82 Å². The summed E-state index contributed by atoms with van der Waals surface area (Å²) in [7, 11) is 0. The van der Waals surface area contributed by atoms with Crippen LogP contribution in [0.1, 0.15) is 36.0 Å². The molecule has 9 heteroatoms. The number of aromatic nitrogens is 5. The van der Waals surface area contributed by atoms with Crippen molar-refractivity contribution >= 4 is 0 Å². The first-order valence-electron chi connectivity index (χ1n) is 7.42. The minimum atomic E-state index is -1.40. The number of nitrogens with zero attached hydrogens (tertiary/aromatic N) is 5. The first-order chi connectivity index (χ1) is 12.0. The summed E-state index contributed by atoms with van der Waals surface area (Å²) < 4.78 is 42.5. The van der Waals surface area contributed by atoms with Crippen LogP contribution in [0.3, 0.4) is 0 Å². The highest BCUT2D eigenvalue weighted by Gasteiger charge is 2.26. The lowest BCUT2D eigenvalue weighted by molar-refractivity contribution is 0.143. The Labute approximate surface area is 141 Å². The minimum absolute atomic E-state index is 0.0682. The van der Waals surface area contributed by atoms with E-state index in [0.717, 1.165) is 18.3 Å². The summed E-state index contributed by atoms with van der Waals surface area (Å²) in [5, 5.41) is 14.3. The van der Waals surface area contributed by atoms with Crippen LogP contribution in [0.4, 0.5) is 13.2 Å². The Morgan fingerprint density at radius 3 is 2.68 bits per heavy atom. The lowest BCUT2D eigenvalue weighted by Crippen LogP contribution is -2.15. The normalized spacial score (nSPS) is 13.6. The van der Waals surface area contributed by atoms with E-state index in [1.807, 2.05) is 0 Å². The van der Waals surface area contributed by atoms with E-state index in [2.05, 4.69) is 20.1 Å². The molecule has 0 radical (unpaired) electrons. The number of benzene rings is 1. The maximum atomic E-state index is 14.1. The Morgan fingerprint density at radius 2 is 2.00 bits per heavy atom. The molecule has 0 aliphatic carbocycles. The highest BCUT2D eigenvalue weighted by atomic mass is 19.1. The molecular formula is C16H14F3N5O. The second-order valence-electron chi connectivity index (χ2n) is 5.51. The highest BCUT2D eigenvalue weighted by Crippen LogP contribution is 2.32. The van der Waals surface area contributed by atoms with E-state index >= 15 is 0 Å². The van der Waals surface area contributed by atoms with Gasteiger partial charge in [-0.2, -0.15) is 5.10 Å². The summed E-state index contributed by atoms with van der Waals surface area (Å²) >= 11 is 0. The number of aliphatic hydroxyl groups excluding tert-OH is 1. The van der Waals surface area contributed by atoms with Crippen molar-refractivity contribution in [1.82, 2.24) is 24.7 Å². The van der Waals surface area contributed by atoms with Gasteiger partial charge in [0.25, 0.3) is 0 Å². The molecule has 0 aliphatic rings. The van der Waals surface area contributed by atoms with Crippen LogP contribution in [0.2, 0.25) is 0 Å². The SMILES string of the molecule is CC(c1nc(Cn2cncn2)ncc1F)C(O)c1ccc(F)cc1F. The third-order valence-electron chi connectivity index (χ3n) is 3.78. The van der Waals surface area contributed by atoms with Crippen molar-refractivity contribution in [3.8, 4) is 0 Å². The highest BCUT2D eigenvalue weighted by molar-refractivity contribution is 5.25. The molecular weight excluding hydrogens is 335 g/mol. The number of rotatable bonds is 5. The van der Waals surface area contributed by atoms with Crippen LogP contribution in [0.5, 0.6) is 0 Å². The minimum Gasteiger partial charge on any atom is -0.388 e. The molecule has 6 nitrogen and oxygen atoms in total. The molecule has 130 valence electrons. The summed E-state index contributed by atoms with van der Waals surface area (Å²) in [6, 6.07) is 2.82. The fourth-order valence-electron chi connectivity index (χ4n) is 2.43. The van der Waals surface area contributed by atoms with Crippen LogP contribution in [0.25, 0.3) is 0 Å². The van der Waals surface area contributed by atoms with E-state index < -0.39 is 29.5 Å². The van der Waals surface area contributed by atoms with E-state index in [1.165, 1.54) is 24.3 Å². The molecule has 2 atom stereocenters. The zero-order valence-electron chi connectivity index (χ0n) is 13.1. The number of hydrogen-bond donors (Lipinski definition) is 1. The van der Waals surface area contributed by atoms with Crippen molar-refractivity contribution in [1.29, 1.82) is 0 Å². The zero-order valence-corrected chi connectivity index (χ0v) is 13.1. The van der Waals surface area contributed by atoms with Crippen LogP contribution >= 0.6 is 0 Å². The van der Waals surface area contributed by atoms with Crippen molar-refractivity contribution in [3.63, 3.8) is 0 Å². The molecule has 0 amide bonds. The number of aliphatic hydroxyl groups is 1. The molecule has 0 aliphatic heterocycles. The van der Waals surface area contributed by atoms with Gasteiger partial charge in [-0.3, -0.25) is 0 Å². The number of hydrogen-bond acceptors (Lipinski definition) is 5. The van der Waals surface area contributed by atoms with Crippen LogP contribution in [-0.2, 0) is 6.54 Å². The molecule has 25 heavy (non-hydrogen) atoms. The largest absolute Gasteiger partial charge is 0.388 e. The number of halogens is 3. The summed E-state index contributed by atoms with van der Waals surface area (Å²) in [5.74, 6) is -3.00. The van der Waals surface area contributed by atoms with Gasteiger partial charge in [0.05, 0.1) is 18.0 Å². The lowest BCUT2D eigenvalue weighted by atomic mass is 9.93. The van der Waals surface area contributed by atoms with E-state index in [4.69, 9.17) is 0 Å². The molecule has 2 aromatic heterocycles. The van der Waals surface area contributed by atoms with Gasteiger partial charge in [0.2, 0.25) is 0 Å². The first-order valence-corrected chi connectivity index (χ1v) is 7.42. The Kier molecular flexibility index (Phi) is 4.75. The van der Waals surface area contributed by atoms with Gasteiger partial charge in [-0.1, -0.05) is 13.0 Å². The van der Waals surface area contributed by atoms with Gasteiger partial charge in [-0.15, -0.1) is 0 Å². The zero-order chi connectivity index (χ0) is 18.0. The van der Waals surface area contributed by atoms with E-state index in [0.29, 0.717) is 6.07 Å². The van der Waals surface area contributed by atoms with Crippen molar-refractivity contribution in [2.75, 3.05) is 0 Å². The average molecular weight is 349 g/mol. The molecule has 0 bridgehead atoms. The predicted molar refractivity (Wildman–Crippen MR) is 80.8 cm³/mol. The Hall–Kier alpha value is -2.81. The Morgan fingerprint density at radius 1 is 1.20 bits per heavy atom. The summed E-state index contributed by atoms with van der Waals surface area (Å²) in [4.78, 5) is 11.8. The van der Waals surface area contributed by atoms with Gasteiger partial charge in [0, 0.05) is 17.5 Å². The fourth-order valence-corrected chi connectivity index (χ4v) is 2.43. The second-order valence-corrected chi connectivity index (χ2v) is 5.51. The van der Waals surface area contributed by atoms with Crippen LogP contribution in [0, 0.1) is 17.5 Å². The fraction of sp³-hybridized carbons (Fsp3) is 0.250. The Balaban J connectivity index is 1.88. The summed E-state index contributed by atoms with van der Waals surface area (Å²) in [5.41, 5.74) is -0.203. The van der Waals surface area contributed by atoms with Crippen LogP contribution < -0.4 is 0 Å². The van der Waals surface area contributed by atoms with Crippen LogP contribution in [-0.4, -0.2) is 29.8 Å². The van der Waals surface area contributed by atoms with Gasteiger partial charge >= 0.3 is 0 Å². The third kappa shape index (κ3) is 3.66. The molecule has 2 heterocycles. The van der Waals surface area contributed by atoms with Gasteiger partial charge in [-0.05, 0) is 6.07 Å². The Bertz CT molecular complexity index is 872. The molecule has 0 spiro atoms. The smallest absolute Gasteiger partial charge is 0.163 e. The predicted octanol–water partition coefficient (Wildman–Crippen LogP) is 2.37. The molecule has 1 N–H and O–H groups in total. The molecule has 0 saturated heterocycles.